The van der Waals surface area contributed by atoms with E-state index in [-0.39, 0.29) is 39.7 Å². The molecule has 0 spiro atoms. The van der Waals surface area contributed by atoms with Gasteiger partial charge in [0.15, 0.2) is 5.75 Å². The number of non-ortho nitro benzene ring substituents is 1. The molecular formula is C22H16Cl3N3O5. The largest absolute Gasteiger partial charge is 0.477 e. The van der Waals surface area contributed by atoms with Gasteiger partial charge in [-0.3, -0.25) is 10.1 Å². The number of nitro groups is 1. The summed E-state index contributed by atoms with van der Waals surface area (Å²) in [7, 11) is 0. The number of benzene rings is 3. The number of aliphatic imine (C=N–C) groups is 1. The zero-order valence-electron chi connectivity index (χ0n) is 17.1. The summed E-state index contributed by atoms with van der Waals surface area (Å²) < 4.78 is 11.1. The lowest BCUT2D eigenvalue weighted by Crippen LogP contribution is -2.14. The number of nitrogens with zero attached hydrogens (tertiary/aromatic N) is 2. The number of hydrogen-bond acceptors (Lipinski definition) is 5. The molecule has 1 N–H and O–H groups in total. The second-order valence-electron chi connectivity index (χ2n) is 6.38. The summed E-state index contributed by atoms with van der Waals surface area (Å²) in [5.41, 5.74) is 0.658. The molecule has 0 fully saturated rings. The first-order valence-corrected chi connectivity index (χ1v) is 10.6. The van der Waals surface area contributed by atoms with Crippen LogP contribution in [0.5, 0.6) is 11.5 Å². The molecule has 0 aliphatic heterocycles. The Morgan fingerprint density at radius 1 is 1.03 bits per heavy atom. The van der Waals surface area contributed by atoms with Crippen molar-refractivity contribution in [2.45, 2.75) is 6.92 Å². The number of nitro benzene ring substituents is 1. The summed E-state index contributed by atoms with van der Waals surface area (Å²) in [5, 5.41) is 13.9. The summed E-state index contributed by atoms with van der Waals surface area (Å²) in [4.78, 5) is 26.7. The quantitative estimate of drug-likeness (QED) is 0.162. The number of halogens is 3. The minimum atomic E-state index is -0.727. The van der Waals surface area contributed by atoms with Crippen LogP contribution in [0.1, 0.15) is 12.5 Å². The minimum absolute atomic E-state index is 0.0657. The average molecular weight is 509 g/mol. The predicted molar refractivity (Wildman–Crippen MR) is 128 cm³/mol. The van der Waals surface area contributed by atoms with Crippen LogP contribution in [0.2, 0.25) is 15.1 Å². The van der Waals surface area contributed by atoms with E-state index in [2.05, 4.69) is 10.3 Å². The Labute approximate surface area is 203 Å². The van der Waals surface area contributed by atoms with Crippen LogP contribution in [0.25, 0.3) is 0 Å². The zero-order valence-corrected chi connectivity index (χ0v) is 19.3. The summed E-state index contributed by atoms with van der Waals surface area (Å²) in [6, 6.07) is 14.4. The molecule has 2 amide bonds. The highest BCUT2D eigenvalue weighted by molar-refractivity contribution is 6.37. The van der Waals surface area contributed by atoms with Crippen molar-refractivity contribution in [3.05, 3.63) is 91.4 Å². The van der Waals surface area contributed by atoms with E-state index in [9.17, 15) is 14.9 Å². The van der Waals surface area contributed by atoms with E-state index in [0.717, 1.165) is 0 Å². The van der Waals surface area contributed by atoms with Gasteiger partial charge in [0.2, 0.25) is 5.90 Å². The van der Waals surface area contributed by atoms with Crippen LogP contribution >= 0.6 is 34.8 Å². The van der Waals surface area contributed by atoms with Crippen LogP contribution in [0.4, 0.5) is 16.2 Å². The molecule has 0 saturated heterocycles. The summed E-state index contributed by atoms with van der Waals surface area (Å²) in [6.45, 7) is 2.04. The molecule has 33 heavy (non-hydrogen) atoms. The standard InChI is InChI=1S/C22H16Cl3N3O5/c1-2-32-21(16-5-3-4-6-17(16)23)27-22(29)26-13-11-18(24)20(19(25)12-13)33-15-9-7-14(8-10-15)28(30)31/h3-12H,2H2,1H3,(H,26,29). The van der Waals surface area contributed by atoms with Crippen LogP contribution in [0.15, 0.2) is 65.7 Å². The lowest BCUT2D eigenvalue weighted by atomic mass is 10.2. The maximum absolute atomic E-state index is 12.5. The molecule has 0 atom stereocenters. The van der Waals surface area contributed by atoms with E-state index in [4.69, 9.17) is 44.3 Å². The third kappa shape index (κ3) is 6.35. The fourth-order valence-electron chi connectivity index (χ4n) is 2.67. The topological polar surface area (TPSA) is 103 Å². The third-order valence-electron chi connectivity index (χ3n) is 4.11. The van der Waals surface area contributed by atoms with Crippen molar-refractivity contribution in [3.63, 3.8) is 0 Å². The Kier molecular flexibility index (Phi) is 8.11. The van der Waals surface area contributed by atoms with E-state index in [1.807, 2.05) is 0 Å². The molecule has 11 heteroatoms. The fraction of sp³-hybridized carbons (Fsp3) is 0.0909. The van der Waals surface area contributed by atoms with Crippen LogP contribution in [0, 0.1) is 10.1 Å². The van der Waals surface area contributed by atoms with Gasteiger partial charge in [0, 0.05) is 17.8 Å². The predicted octanol–water partition coefficient (Wildman–Crippen LogP) is 7.36. The highest BCUT2D eigenvalue weighted by atomic mass is 35.5. The molecular weight excluding hydrogens is 493 g/mol. The van der Waals surface area contributed by atoms with Crippen molar-refractivity contribution in [1.82, 2.24) is 0 Å². The van der Waals surface area contributed by atoms with Gasteiger partial charge in [-0.2, -0.15) is 4.99 Å². The number of carbonyl (C=O) groups is 1. The molecule has 0 radical (unpaired) electrons. The molecule has 0 bridgehead atoms. The number of ether oxygens (including phenoxy) is 2. The number of hydrogen-bond donors (Lipinski definition) is 1. The normalized spacial score (nSPS) is 11.1. The summed E-state index contributed by atoms with van der Waals surface area (Å²) >= 11 is 18.7. The van der Waals surface area contributed by atoms with Gasteiger partial charge in [-0.1, -0.05) is 46.9 Å². The Morgan fingerprint density at radius 2 is 1.67 bits per heavy atom. The van der Waals surface area contributed by atoms with Crippen molar-refractivity contribution in [3.8, 4) is 11.5 Å². The van der Waals surface area contributed by atoms with Crippen molar-refractivity contribution in [2.75, 3.05) is 11.9 Å². The Hall–Kier alpha value is -3.33. The molecule has 0 saturated carbocycles. The number of rotatable bonds is 6. The lowest BCUT2D eigenvalue weighted by Gasteiger charge is -2.12. The Balaban J connectivity index is 1.78. The van der Waals surface area contributed by atoms with E-state index >= 15 is 0 Å². The lowest BCUT2D eigenvalue weighted by molar-refractivity contribution is -0.384. The fourth-order valence-corrected chi connectivity index (χ4v) is 3.45. The molecule has 3 aromatic carbocycles. The van der Waals surface area contributed by atoms with Gasteiger partial charge < -0.3 is 14.8 Å². The van der Waals surface area contributed by atoms with Crippen molar-refractivity contribution >= 4 is 58.1 Å². The smallest absolute Gasteiger partial charge is 0.348 e. The maximum Gasteiger partial charge on any atom is 0.348 e. The first-order valence-electron chi connectivity index (χ1n) is 9.47. The molecule has 0 heterocycles. The van der Waals surface area contributed by atoms with Gasteiger partial charge in [-0.25, -0.2) is 4.79 Å². The van der Waals surface area contributed by atoms with Crippen LogP contribution in [0.3, 0.4) is 0 Å². The molecule has 0 unspecified atom stereocenters. The van der Waals surface area contributed by atoms with Gasteiger partial charge in [-0.15, -0.1) is 0 Å². The van der Waals surface area contributed by atoms with E-state index in [1.165, 1.54) is 36.4 Å². The van der Waals surface area contributed by atoms with Crippen LogP contribution in [-0.2, 0) is 4.74 Å². The third-order valence-corrected chi connectivity index (χ3v) is 5.00. The average Bonchev–Trinajstić information content (AvgIpc) is 2.76. The van der Waals surface area contributed by atoms with Crippen LogP contribution in [-0.4, -0.2) is 23.5 Å². The maximum atomic E-state index is 12.5. The molecule has 0 aliphatic carbocycles. The highest BCUT2D eigenvalue weighted by Gasteiger charge is 2.15. The number of carbonyl (C=O) groups excluding carboxylic acids is 1. The number of nitrogens with one attached hydrogen (secondary N) is 1. The summed E-state index contributed by atoms with van der Waals surface area (Å²) in [5.74, 6) is 0.488. The zero-order chi connectivity index (χ0) is 24.0. The van der Waals surface area contributed by atoms with Gasteiger partial charge >= 0.3 is 6.03 Å². The first-order chi connectivity index (χ1) is 15.8. The molecule has 8 nitrogen and oxygen atoms in total. The second-order valence-corrected chi connectivity index (χ2v) is 7.60. The van der Waals surface area contributed by atoms with E-state index < -0.39 is 11.0 Å². The van der Waals surface area contributed by atoms with Gasteiger partial charge in [0.25, 0.3) is 5.69 Å². The molecule has 3 rings (SSSR count). The van der Waals surface area contributed by atoms with E-state index in [0.29, 0.717) is 16.3 Å². The molecule has 3 aromatic rings. The second kappa shape index (κ2) is 11.0. The number of anilines is 1. The van der Waals surface area contributed by atoms with Crippen LogP contribution < -0.4 is 10.1 Å². The number of amides is 2. The van der Waals surface area contributed by atoms with Crippen molar-refractivity contribution in [2.24, 2.45) is 4.99 Å². The Morgan fingerprint density at radius 3 is 2.24 bits per heavy atom. The summed E-state index contributed by atoms with van der Waals surface area (Å²) in [6.07, 6.45) is 0. The number of urea groups is 1. The van der Waals surface area contributed by atoms with E-state index in [1.54, 1.807) is 31.2 Å². The Bertz CT molecular complexity index is 1190. The molecule has 0 aliphatic rings. The van der Waals surface area contributed by atoms with Crippen molar-refractivity contribution < 1.29 is 19.2 Å². The highest BCUT2D eigenvalue weighted by Crippen LogP contribution is 2.39. The van der Waals surface area contributed by atoms with Gasteiger partial charge in [-0.05, 0) is 43.3 Å². The van der Waals surface area contributed by atoms with Gasteiger partial charge in [0.05, 0.1) is 32.2 Å². The first kappa shape index (κ1) is 24.3. The minimum Gasteiger partial charge on any atom is -0.477 e. The monoisotopic (exact) mass is 507 g/mol. The molecule has 170 valence electrons. The molecule has 0 aromatic heterocycles. The van der Waals surface area contributed by atoms with Gasteiger partial charge in [0.1, 0.15) is 5.75 Å². The SMILES string of the molecule is CCOC(=NC(=O)Nc1cc(Cl)c(Oc2ccc([N+](=O)[O-])cc2)c(Cl)c1)c1ccccc1Cl. The van der Waals surface area contributed by atoms with Crippen molar-refractivity contribution in [1.29, 1.82) is 0 Å².